The highest BCUT2D eigenvalue weighted by molar-refractivity contribution is 7.93. The van der Waals surface area contributed by atoms with E-state index in [4.69, 9.17) is 4.74 Å². The molecular formula is C26H29N3O6S2. The Kier molecular flexibility index (Phi) is 7.31. The van der Waals surface area contributed by atoms with Gasteiger partial charge in [0.2, 0.25) is 15.9 Å². The van der Waals surface area contributed by atoms with Crippen LogP contribution in [0.3, 0.4) is 0 Å². The first-order valence-electron chi connectivity index (χ1n) is 11.5. The molecule has 0 atom stereocenters. The molecule has 1 amide bonds. The number of carbonyl (C=O) groups excluding carboxylic acids is 1. The van der Waals surface area contributed by atoms with Crippen molar-refractivity contribution < 1.29 is 26.4 Å². The number of sulfonamides is 2. The number of methoxy groups -OCH3 is 1. The molecule has 0 radical (unpaired) electrons. The minimum atomic E-state index is -4.12. The van der Waals surface area contributed by atoms with E-state index in [0.717, 1.165) is 14.2 Å². The fourth-order valence-corrected chi connectivity index (χ4v) is 6.57. The van der Waals surface area contributed by atoms with Gasteiger partial charge >= 0.3 is 0 Å². The van der Waals surface area contributed by atoms with Crippen molar-refractivity contribution in [1.82, 2.24) is 4.31 Å². The molecule has 4 rings (SSSR count). The van der Waals surface area contributed by atoms with Gasteiger partial charge in [0.15, 0.2) is 0 Å². The molecule has 0 aliphatic carbocycles. The molecule has 3 aromatic rings. The van der Waals surface area contributed by atoms with Gasteiger partial charge in [-0.3, -0.25) is 9.10 Å². The molecule has 1 aliphatic rings. The lowest BCUT2D eigenvalue weighted by Crippen LogP contribution is -2.42. The van der Waals surface area contributed by atoms with Crippen LogP contribution in [-0.4, -0.2) is 61.3 Å². The van der Waals surface area contributed by atoms with Crippen LogP contribution < -0.4 is 13.9 Å². The number of fused-ring (bicyclic) bond motifs is 1. The van der Waals surface area contributed by atoms with Gasteiger partial charge in [-0.05, 0) is 61.4 Å². The first-order chi connectivity index (χ1) is 17.5. The topological polar surface area (TPSA) is 104 Å². The molecule has 196 valence electrons. The van der Waals surface area contributed by atoms with Crippen molar-refractivity contribution in [2.45, 2.75) is 23.1 Å². The van der Waals surface area contributed by atoms with E-state index in [9.17, 15) is 21.6 Å². The number of benzene rings is 3. The van der Waals surface area contributed by atoms with Crippen LogP contribution in [0.25, 0.3) is 0 Å². The van der Waals surface area contributed by atoms with E-state index >= 15 is 0 Å². The molecule has 0 unspecified atom stereocenters. The van der Waals surface area contributed by atoms with Gasteiger partial charge in [-0.15, -0.1) is 0 Å². The van der Waals surface area contributed by atoms with Gasteiger partial charge in [-0.25, -0.2) is 21.1 Å². The summed E-state index contributed by atoms with van der Waals surface area (Å²) in [6.45, 7) is 1.70. The van der Waals surface area contributed by atoms with Crippen molar-refractivity contribution in [3.05, 3.63) is 77.9 Å². The van der Waals surface area contributed by atoms with Crippen molar-refractivity contribution in [3.63, 3.8) is 0 Å². The number of aryl methyl sites for hydroxylation is 1. The molecular weight excluding hydrogens is 514 g/mol. The Morgan fingerprint density at radius 1 is 0.919 bits per heavy atom. The first kappa shape index (κ1) is 26.6. The molecule has 1 heterocycles. The van der Waals surface area contributed by atoms with E-state index in [1.165, 1.54) is 44.3 Å². The predicted molar refractivity (Wildman–Crippen MR) is 142 cm³/mol. The largest absolute Gasteiger partial charge is 0.495 e. The van der Waals surface area contributed by atoms with Gasteiger partial charge in [0.1, 0.15) is 12.3 Å². The second-order valence-corrected chi connectivity index (χ2v) is 12.9. The number of rotatable bonds is 8. The fourth-order valence-electron chi connectivity index (χ4n) is 4.19. The molecule has 3 aromatic carbocycles. The highest BCUT2D eigenvalue weighted by Gasteiger charge is 2.33. The molecule has 9 nitrogen and oxygen atoms in total. The summed E-state index contributed by atoms with van der Waals surface area (Å²) >= 11 is 0. The van der Waals surface area contributed by atoms with Gasteiger partial charge in [-0.1, -0.05) is 29.8 Å². The van der Waals surface area contributed by atoms with Crippen LogP contribution >= 0.6 is 0 Å². The summed E-state index contributed by atoms with van der Waals surface area (Å²) < 4.78 is 60.2. The summed E-state index contributed by atoms with van der Waals surface area (Å²) in [6, 6.07) is 17.7. The molecule has 1 aliphatic heterocycles. The number of amides is 1. The van der Waals surface area contributed by atoms with Crippen LogP contribution in [-0.2, 0) is 31.3 Å². The van der Waals surface area contributed by atoms with Crippen molar-refractivity contribution in [1.29, 1.82) is 0 Å². The summed E-state index contributed by atoms with van der Waals surface area (Å²) in [5.74, 6) is -0.130. The average molecular weight is 544 g/mol. The quantitative estimate of drug-likeness (QED) is 0.433. The highest BCUT2D eigenvalue weighted by Crippen LogP contribution is 2.34. The van der Waals surface area contributed by atoms with Crippen LogP contribution in [0.15, 0.2) is 76.5 Å². The zero-order valence-electron chi connectivity index (χ0n) is 21.1. The maximum atomic E-state index is 13.8. The first-order valence-corrected chi connectivity index (χ1v) is 14.4. The lowest BCUT2D eigenvalue weighted by atomic mass is 10.2. The summed E-state index contributed by atoms with van der Waals surface area (Å²) in [5.41, 5.74) is 2.42. The third kappa shape index (κ3) is 5.07. The Hall–Kier alpha value is -3.41. The molecule has 0 bridgehead atoms. The van der Waals surface area contributed by atoms with Crippen LogP contribution in [0.2, 0.25) is 0 Å². The third-order valence-electron chi connectivity index (χ3n) is 6.27. The van der Waals surface area contributed by atoms with Crippen LogP contribution in [0.5, 0.6) is 5.75 Å². The van der Waals surface area contributed by atoms with Gasteiger partial charge in [0.25, 0.3) is 10.0 Å². The standard InChI is InChI=1S/C26H29N3O6S2/c1-19-9-11-21(12-10-19)37(33,34)29(24-7-5-6-8-25(24)35-4)18-26(30)28-16-15-20-17-22(13-14-23(20)28)36(31,32)27(2)3/h5-14,17H,15-16,18H2,1-4H3. The molecule has 0 spiro atoms. The van der Waals surface area contributed by atoms with Gasteiger partial charge in [0.05, 0.1) is 22.6 Å². The van der Waals surface area contributed by atoms with Crippen molar-refractivity contribution in [3.8, 4) is 5.75 Å². The maximum Gasteiger partial charge on any atom is 0.264 e. The Morgan fingerprint density at radius 3 is 2.22 bits per heavy atom. The molecule has 0 saturated carbocycles. The van der Waals surface area contributed by atoms with Crippen molar-refractivity contribution in [2.24, 2.45) is 0 Å². The average Bonchev–Trinajstić information content (AvgIpc) is 3.30. The van der Waals surface area contributed by atoms with E-state index in [1.54, 1.807) is 48.5 Å². The van der Waals surface area contributed by atoms with Gasteiger partial charge in [-0.2, -0.15) is 0 Å². The molecule has 11 heteroatoms. The second kappa shape index (κ2) is 10.2. The number of anilines is 2. The predicted octanol–water partition coefficient (Wildman–Crippen LogP) is 3.04. The zero-order valence-corrected chi connectivity index (χ0v) is 22.7. The summed E-state index contributed by atoms with van der Waals surface area (Å²) in [6.07, 6.45) is 0.456. The SMILES string of the molecule is COc1ccccc1N(CC(=O)N1CCc2cc(S(=O)(=O)N(C)C)ccc21)S(=O)(=O)c1ccc(C)cc1. The maximum absolute atomic E-state index is 13.8. The lowest BCUT2D eigenvalue weighted by molar-refractivity contribution is -0.117. The van der Waals surface area contributed by atoms with E-state index < -0.39 is 32.5 Å². The normalized spacial score (nSPS) is 13.5. The van der Waals surface area contributed by atoms with E-state index in [1.807, 2.05) is 6.92 Å². The number of hydrogen-bond donors (Lipinski definition) is 0. The molecule has 37 heavy (non-hydrogen) atoms. The Labute approximate surface area is 218 Å². The third-order valence-corrected chi connectivity index (χ3v) is 9.85. The number of hydrogen-bond acceptors (Lipinski definition) is 6. The summed E-state index contributed by atoms with van der Waals surface area (Å²) in [7, 11) is -3.39. The second-order valence-electron chi connectivity index (χ2n) is 8.87. The molecule has 0 saturated heterocycles. The Morgan fingerprint density at radius 2 is 1.57 bits per heavy atom. The smallest absolute Gasteiger partial charge is 0.264 e. The molecule has 0 N–H and O–H groups in total. The van der Waals surface area contributed by atoms with E-state index in [0.29, 0.717) is 30.0 Å². The van der Waals surface area contributed by atoms with Crippen molar-refractivity contribution in [2.75, 3.05) is 43.5 Å². The minimum Gasteiger partial charge on any atom is -0.495 e. The van der Waals surface area contributed by atoms with Gasteiger partial charge in [0, 0.05) is 26.3 Å². The van der Waals surface area contributed by atoms with Crippen molar-refractivity contribution >= 4 is 37.3 Å². The Bertz CT molecular complexity index is 1530. The van der Waals surface area contributed by atoms with Gasteiger partial charge < -0.3 is 9.64 Å². The van der Waals surface area contributed by atoms with Crippen LogP contribution in [0.1, 0.15) is 11.1 Å². The minimum absolute atomic E-state index is 0.0529. The number of nitrogens with zero attached hydrogens (tertiary/aromatic N) is 3. The summed E-state index contributed by atoms with van der Waals surface area (Å²) in [4.78, 5) is 15.3. The Balaban J connectivity index is 1.71. The zero-order chi connectivity index (χ0) is 27.0. The van der Waals surface area contributed by atoms with Crippen LogP contribution in [0, 0.1) is 6.92 Å². The number of para-hydroxylation sites is 2. The molecule has 0 fully saturated rings. The number of carbonyl (C=O) groups is 1. The monoisotopic (exact) mass is 543 g/mol. The highest BCUT2D eigenvalue weighted by atomic mass is 32.2. The van der Waals surface area contributed by atoms with Crippen LogP contribution in [0.4, 0.5) is 11.4 Å². The number of ether oxygens (including phenoxy) is 1. The lowest BCUT2D eigenvalue weighted by Gasteiger charge is -2.28. The van der Waals surface area contributed by atoms with E-state index in [2.05, 4.69) is 0 Å². The molecule has 0 aromatic heterocycles. The fraction of sp³-hybridized carbons (Fsp3) is 0.269. The summed E-state index contributed by atoms with van der Waals surface area (Å²) in [5, 5.41) is 0. The van der Waals surface area contributed by atoms with E-state index in [-0.39, 0.29) is 15.5 Å².